The lowest BCUT2D eigenvalue weighted by Gasteiger charge is -2.06. The zero-order valence-electron chi connectivity index (χ0n) is 11.8. The SMILES string of the molecule is CCCC=CC(=O)NCCNC(=O)c1ccc(F)cc1F. The number of amides is 2. The molecule has 0 saturated carbocycles. The molecule has 4 nitrogen and oxygen atoms in total. The van der Waals surface area contributed by atoms with Crippen molar-refractivity contribution in [1.82, 2.24) is 10.6 Å². The van der Waals surface area contributed by atoms with Gasteiger partial charge in [-0.25, -0.2) is 8.78 Å². The van der Waals surface area contributed by atoms with Crippen LogP contribution in [0.3, 0.4) is 0 Å². The van der Waals surface area contributed by atoms with Gasteiger partial charge in [0, 0.05) is 19.2 Å². The summed E-state index contributed by atoms with van der Waals surface area (Å²) < 4.78 is 26.0. The summed E-state index contributed by atoms with van der Waals surface area (Å²) in [6.45, 7) is 2.39. The standard InChI is InChI=1S/C15H18F2N2O2/c1-2-3-4-5-14(20)18-8-9-19-15(21)12-7-6-11(16)10-13(12)17/h4-7,10H,2-3,8-9H2,1H3,(H,18,20)(H,19,21). The monoisotopic (exact) mass is 296 g/mol. The first kappa shape index (κ1) is 16.8. The summed E-state index contributed by atoms with van der Waals surface area (Å²) in [6.07, 6.45) is 4.99. The predicted molar refractivity (Wildman–Crippen MR) is 75.7 cm³/mol. The van der Waals surface area contributed by atoms with Crippen molar-refractivity contribution in [2.24, 2.45) is 0 Å². The number of halogens is 2. The highest BCUT2D eigenvalue weighted by molar-refractivity contribution is 5.94. The molecule has 0 atom stereocenters. The van der Waals surface area contributed by atoms with E-state index in [9.17, 15) is 18.4 Å². The lowest BCUT2D eigenvalue weighted by atomic mass is 10.2. The van der Waals surface area contributed by atoms with E-state index in [-0.39, 0.29) is 24.6 Å². The zero-order chi connectivity index (χ0) is 15.7. The second-order valence-corrected chi connectivity index (χ2v) is 4.36. The number of rotatable bonds is 7. The fourth-order valence-electron chi connectivity index (χ4n) is 1.55. The van der Waals surface area contributed by atoms with Crippen LogP contribution in [0.4, 0.5) is 8.78 Å². The van der Waals surface area contributed by atoms with Crippen LogP contribution in [0, 0.1) is 11.6 Å². The molecule has 2 N–H and O–H groups in total. The molecule has 0 aromatic heterocycles. The van der Waals surface area contributed by atoms with Crippen LogP contribution in [0.15, 0.2) is 30.4 Å². The summed E-state index contributed by atoms with van der Waals surface area (Å²) in [5, 5.41) is 5.02. The van der Waals surface area contributed by atoms with Gasteiger partial charge in [-0.15, -0.1) is 0 Å². The summed E-state index contributed by atoms with van der Waals surface area (Å²) >= 11 is 0. The van der Waals surface area contributed by atoms with E-state index in [4.69, 9.17) is 0 Å². The van der Waals surface area contributed by atoms with Crippen LogP contribution in [0.25, 0.3) is 0 Å². The Morgan fingerprint density at radius 2 is 1.90 bits per heavy atom. The predicted octanol–water partition coefficient (Wildman–Crippen LogP) is 2.17. The van der Waals surface area contributed by atoms with Gasteiger partial charge in [-0.2, -0.15) is 0 Å². The lowest BCUT2D eigenvalue weighted by Crippen LogP contribution is -2.34. The molecule has 2 amide bonds. The van der Waals surface area contributed by atoms with Crippen LogP contribution in [-0.4, -0.2) is 24.9 Å². The van der Waals surface area contributed by atoms with Gasteiger partial charge in [-0.05, 0) is 24.6 Å². The normalized spacial score (nSPS) is 10.6. The van der Waals surface area contributed by atoms with E-state index in [2.05, 4.69) is 10.6 Å². The van der Waals surface area contributed by atoms with E-state index >= 15 is 0 Å². The number of carbonyl (C=O) groups excluding carboxylic acids is 2. The molecule has 1 rings (SSSR count). The van der Waals surface area contributed by atoms with Gasteiger partial charge in [0.1, 0.15) is 11.6 Å². The molecule has 0 radical (unpaired) electrons. The number of benzene rings is 1. The zero-order valence-corrected chi connectivity index (χ0v) is 11.8. The average molecular weight is 296 g/mol. The highest BCUT2D eigenvalue weighted by Gasteiger charge is 2.11. The molecule has 0 bridgehead atoms. The maximum absolute atomic E-state index is 13.3. The second kappa shape index (κ2) is 8.84. The molecule has 1 aromatic rings. The van der Waals surface area contributed by atoms with Crippen LogP contribution < -0.4 is 10.6 Å². The van der Waals surface area contributed by atoms with Crippen LogP contribution in [0.5, 0.6) is 0 Å². The molecule has 1 aromatic carbocycles. The van der Waals surface area contributed by atoms with Crippen molar-refractivity contribution in [3.8, 4) is 0 Å². The van der Waals surface area contributed by atoms with Gasteiger partial charge >= 0.3 is 0 Å². The molecule has 0 aliphatic heterocycles. The number of allylic oxidation sites excluding steroid dienone is 1. The molecule has 0 heterocycles. The maximum Gasteiger partial charge on any atom is 0.254 e. The van der Waals surface area contributed by atoms with E-state index in [1.807, 2.05) is 6.92 Å². The van der Waals surface area contributed by atoms with Gasteiger partial charge in [-0.3, -0.25) is 9.59 Å². The van der Waals surface area contributed by atoms with Gasteiger partial charge in [-0.1, -0.05) is 19.4 Å². The molecule has 6 heteroatoms. The maximum atomic E-state index is 13.3. The van der Waals surface area contributed by atoms with Crippen molar-refractivity contribution in [1.29, 1.82) is 0 Å². The fraction of sp³-hybridized carbons (Fsp3) is 0.333. The van der Waals surface area contributed by atoms with E-state index in [1.165, 1.54) is 6.08 Å². The minimum Gasteiger partial charge on any atom is -0.351 e. The first-order valence-corrected chi connectivity index (χ1v) is 6.72. The summed E-state index contributed by atoms with van der Waals surface area (Å²) in [4.78, 5) is 22.9. The molecule has 114 valence electrons. The molecule has 0 aliphatic rings. The number of carbonyl (C=O) groups is 2. The third-order valence-corrected chi connectivity index (χ3v) is 2.61. The number of hydrogen-bond acceptors (Lipinski definition) is 2. The molecular formula is C15H18F2N2O2. The van der Waals surface area contributed by atoms with Crippen molar-refractivity contribution < 1.29 is 18.4 Å². The smallest absolute Gasteiger partial charge is 0.254 e. The molecule has 0 spiro atoms. The minimum atomic E-state index is -0.918. The molecular weight excluding hydrogens is 278 g/mol. The number of unbranched alkanes of at least 4 members (excludes halogenated alkanes) is 1. The molecule has 21 heavy (non-hydrogen) atoms. The first-order chi connectivity index (χ1) is 10.0. The Labute approximate surface area is 122 Å². The fourth-order valence-corrected chi connectivity index (χ4v) is 1.55. The Kier molecular flexibility index (Phi) is 7.08. The van der Waals surface area contributed by atoms with Crippen molar-refractivity contribution in [2.45, 2.75) is 19.8 Å². The molecule has 0 fully saturated rings. The summed E-state index contributed by atoms with van der Waals surface area (Å²) in [6, 6.07) is 2.74. The molecule has 0 aliphatic carbocycles. The Bertz CT molecular complexity index is 530. The van der Waals surface area contributed by atoms with Crippen LogP contribution in [-0.2, 0) is 4.79 Å². The van der Waals surface area contributed by atoms with Crippen LogP contribution >= 0.6 is 0 Å². The number of nitrogens with one attached hydrogen (secondary N) is 2. The van der Waals surface area contributed by atoms with Crippen molar-refractivity contribution >= 4 is 11.8 Å². The Morgan fingerprint density at radius 3 is 2.57 bits per heavy atom. The summed E-state index contributed by atoms with van der Waals surface area (Å²) in [5.74, 6) is -2.55. The summed E-state index contributed by atoms with van der Waals surface area (Å²) in [5.41, 5.74) is -0.231. The van der Waals surface area contributed by atoms with Crippen molar-refractivity contribution in [2.75, 3.05) is 13.1 Å². The van der Waals surface area contributed by atoms with E-state index in [1.54, 1.807) is 6.08 Å². The number of hydrogen-bond donors (Lipinski definition) is 2. The van der Waals surface area contributed by atoms with Gasteiger partial charge < -0.3 is 10.6 Å². The highest BCUT2D eigenvalue weighted by Crippen LogP contribution is 2.08. The quantitative estimate of drug-likeness (QED) is 0.598. The third-order valence-electron chi connectivity index (χ3n) is 2.61. The summed E-state index contributed by atoms with van der Waals surface area (Å²) in [7, 11) is 0. The molecule has 0 unspecified atom stereocenters. The van der Waals surface area contributed by atoms with Gasteiger partial charge in [0.15, 0.2) is 0 Å². The van der Waals surface area contributed by atoms with E-state index in [0.717, 1.165) is 25.0 Å². The highest BCUT2D eigenvalue weighted by atomic mass is 19.1. The van der Waals surface area contributed by atoms with Crippen molar-refractivity contribution in [3.05, 3.63) is 47.5 Å². The van der Waals surface area contributed by atoms with Crippen LogP contribution in [0.1, 0.15) is 30.1 Å². The Balaban J connectivity index is 2.32. The van der Waals surface area contributed by atoms with E-state index < -0.39 is 17.5 Å². The second-order valence-electron chi connectivity index (χ2n) is 4.36. The van der Waals surface area contributed by atoms with Gasteiger partial charge in [0.25, 0.3) is 5.91 Å². The molecule has 0 saturated heterocycles. The minimum absolute atomic E-state index is 0.156. The third kappa shape index (κ3) is 6.16. The average Bonchev–Trinajstić information content (AvgIpc) is 2.43. The van der Waals surface area contributed by atoms with Gasteiger partial charge in [0.05, 0.1) is 5.56 Å². The van der Waals surface area contributed by atoms with Gasteiger partial charge in [0.2, 0.25) is 5.91 Å². The first-order valence-electron chi connectivity index (χ1n) is 6.72. The Morgan fingerprint density at radius 1 is 1.19 bits per heavy atom. The largest absolute Gasteiger partial charge is 0.351 e. The Hall–Kier alpha value is -2.24. The van der Waals surface area contributed by atoms with E-state index in [0.29, 0.717) is 6.07 Å². The lowest BCUT2D eigenvalue weighted by molar-refractivity contribution is -0.116. The van der Waals surface area contributed by atoms with Crippen molar-refractivity contribution in [3.63, 3.8) is 0 Å². The topological polar surface area (TPSA) is 58.2 Å². The van der Waals surface area contributed by atoms with Crippen LogP contribution in [0.2, 0.25) is 0 Å².